The summed E-state index contributed by atoms with van der Waals surface area (Å²) in [6, 6.07) is 1.92. The molecule has 5 nitrogen and oxygen atoms in total. The van der Waals surface area contributed by atoms with Crippen LogP contribution < -0.4 is 10.6 Å². The van der Waals surface area contributed by atoms with Crippen LogP contribution in [0.15, 0.2) is 12.3 Å². The molecule has 0 radical (unpaired) electrons. The summed E-state index contributed by atoms with van der Waals surface area (Å²) in [7, 11) is 1.88. The van der Waals surface area contributed by atoms with Crippen molar-refractivity contribution in [3.05, 3.63) is 18.0 Å². The average Bonchev–Trinajstić information content (AvgIpc) is 2.95. The summed E-state index contributed by atoms with van der Waals surface area (Å²) in [5, 5.41) is 10.3. The van der Waals surface area contributed by atoms with Gasteiger partial charge in [0.1, 0.15) is 0 Å². The monoisotopic (exact) mass is 236 g/mol. The molecule has 1 saturated heterocycles. The molecule has 1 aliphatic heterocycles. The molecule has 5 heteroatoms. The molecule has 1 unspecified atom stereocenters. The van der Waals surface area contributed by atoms with E-state index in [9.17, 15) is 4.79 Å². The Labute approximate surface area is 102 Å². The Morgan fingerprint density at radius 3 is 3.24 bits per heavy atom. The third-order valence-corrected chi connectivity index (χ3v) is 3.33. The van der Waals surface area contributed by atoms with Crippen molar-refractivity contribution in [2.45, 2.75) is 25.8 Å². The minimum atomic E-state index is 0.137. The predicted molar refractivity (Wildman–Crippen MR) is 65.3 cm³/mol. The molecule has 94 valence electrons. The van der Waals surface area contributed by atoms with Crippen molar-refractivity contribution in [3.8, 4) is 0 Å². The minimum Gasteiger partial charge on any atom is -0.350 e. The molecule has 2 N–H and O–H groups in total. The van der Waals surface area contributed by atoms with Crippen LogP contribution in [0.2, 0.25) is 0 Å². The highest BCUT2D eigenvalue weighted by Gasteiger charge is 2.15. The zero-order valence-electron chi connectivity index (χ0n) is 10.3. The van der Waals surface area contributed by atoms with Gasteiger partial charge in [-0.3, -0.25) is 9.48 Å². The second-order valence-corrected chi connectivity index (χ2v) is 4.62. The standard InChI is InChI=1S/C12H20N4O/c1-16-11(5-7-15-16)9-14-12(17)3-2-10-4-6-13-8-10/h5,7,10,13H,2-4,6,8-9H2,1H3,(H,14,17). The Morgan fingerprint density at radius 2 is 2.59 bits per heavy atom. The summed E-state index contributed by atoms with van der Waals surface area (Å²) >= 11 is 0. The van der Waals surface area contributed by atoms with Crippen molar-refractivity contribution in [2.24, 2.45) is 13.0 Å². The molecule has 0 aliphatic carbocycles. The van der Waals surface area contributed by atoms with Crippen LogP contribution in [0.1, 0.15) is 25.0 Å². The van der Waals surface area contributed by atoms with Crippen LogP contribution in [0.5, 0.6) is 0 Å². The van der Waals surface area contributed by atoms with Gasteiger partial charge in [-0.15, -0.1) is 0 Å². The van der Waals surface area contributed by atoms with Gasteiger partial charge in [0.25, 0.3) is 0 Å². The molecule has 1 aromatic heterocycles. The molecule has 2 heterocycles. The van der Waals surface area contributed by atoms with E-state index < -0.39 is 0 Å². The minimum absolute atomic E-state index is 0.137. The largest absolute Gasteiger partial charge is 0.350 e. The number of aryl methyl sites for hydroxylation is 1. The van der Waals surface area contributed by atoms with Crippen LogP contribution in [0.3, 0.4) is 0 Å². The molecule has 0 aromatic carbocycles. The van der Waals surface area contributed by atoms with E-state index in [0.717, 1.165) is 25.2 Å². The molecule has 1 atom stereocenters. The Morgan fingerprint density at radius 1 is 1.71 bits per heavy atom. The highest BCUT2D eigenvalue weighted by Crippen LogP contribution is 2.13. The van der Waals surface area contributed by atoms with Gasteiger partial charge in [0.05, 0.1) is 12.2 Å². The molecule has 0 bridgehead atoms. The van der Waals surface area contributed by atoms with Crippen molar-refractivity contribution in [2.75, 3.05) is 13.1 Å². The Hall–Kier alpha value is -1.36. The first-order valence-electron chi connectivity index (χ1n) is 6.20. The number of carbonyl (C=O) groups excluding carboxylic acids is 1. The first-order valence-corrected chi connectivity index (χ1v) is 6.20. The Balaban J connectivity index is 1.65. The summed E-state index contributed by atoms with van der Waals surface area (Å²) in [5.41, 5.74) is 1.03. The summed E-state index contributed by atoms with van der Waals surface area (Å²) in [4.78, 5) is 11.6. The van der Waals surface area contributed by atoms with E-state index in [2.05, 4.69) is 15.7 Å². The molecule has 1 amide bonds. The topological polar surface area (TPSA) is 59.0 Å². The smallest absolute Gasteiger partial charge is 0.220 e. The van der Waals surface area contributed by atoms with Crippen LogP contribution in [-0.4, -0.2) is 28.8 Å². The molecule has 0 saturated carbocycles. The first-order chi connectivity index (χ1) is 8.25. The first kappa shape index (κ1) is 12.1. The van der Waals surface area contributed by atoms with Gasteiger partial charge in [0.15, 0.2) is 0 Å². The van der Waals surface area contributed by atoms with E-state index in [1.807, 2.05) is 13.1 Å². The maximum absolute atomic E-state index is 11.6. The number of hydrogen-bond donors (Lipinski definition) is 2. The number of hydrogen-bond acceptors (Lipinski definition) is 3. The summed E-state index contributed by atoms with van der Waals surface area (Å²) in [5.74, 6) is 0.815. The quantitative estimate of drug-likeness (QED) is 0.779. The van der Waals surface area contributed by atoms with Gasteiger partial charge in [-0.1, -0.05) is 0 Å². The van der Waals surface area contributed by atoms with Gasteiger partial charge < -0.3 is 10.6 Å². The van der Waals surface area contributed by atoms with Crippen molar-refractivity contribution in [3.63, 3.8) is 0 Å². The Kier molecular flexibility index (Phi) is 4.14. The van der Waals surface area contributed by atoms with E-state index in [1.54, 1.807) is 10.9 Å². The highest BCUT2D eigenvalue weighted by atomic mass is 16.1. The second kappa shape index (κ2) is 5.82. The van der Waals surface area contributed by atoms with Gasteiger partial charge in [-0.25, -0.2) is 0 Å². The number of carbonyl (C=O) groups is 1. The Bertz CT molecular complexity index is 368. The van der Waals surface area contributed by atoms with Crippen molar-refractivity contribution in [1.82, 2.24) is 20.4 Å². The maximum atomic E-state index is 11.6. The molecular weight excluding hydrogens is 216 g/mol. The van der Waals surface area contributed by atoms with E-state index in [0.29, 0.717) is 18.9 Å². The second-order valence-electron chi connectivity index (χ2n) is 4.62. The molecular formula is C12H20N4O. The third-order valence-electron chi connectivity index (χ3n) is 3.33. The number of aromatic nitrogens is 2. The zero-order valence-corrected chi connectivity index (χ0v) is 10.3. The van der Waals surface area contributed by atoms with Gasteiger partial charge >= 0.3 is 0 Å². The van der Waals surface area contributed by atoms with Gasteiger partial charge in [-0.05, 0) is 37.9 Å². The summed E-state index contributed by atoms with van der Waals surface area (Å²) in [6.45, 7) is 2.73. The number of rotatable bonds is 5. The lowest BCUT2D eigenvalue weighted by Crippen LogP contribution is -2.24. The molecule has 17 heavy (non-hydrogen) atoms. The van der Waals surface area contributed by atoms with Gasteiger partial charge in [0.2, 0.25) is 5.91 Å². The SMILES string of the molecule is Cn1nccc1CNC(=O)CCC1CCNC1. The zero-order chi connectivity index (χ0) is 12.1. The fourth-order valence-electron chi connectivity index (χ4n) is 2.15. The van der Waals surface area contributed by atoms with Crippen LogP contribution in [0.25, 0.3) is 0 Å². The molecule has 1 aliphatic rings. The lowest BCUT2D eigenvalue weighted by atomic mass is 10.0. The lowest BCUT2D eigenvalue weighted by molar-refractivity contribution is -0.121. The molecule has 2 rings (SSSR count). The van der Waals surface area contributed by atoms with E-state index in [1.165, 1.54) is 6.42 Å². The fraction of sp³-hybridized carbons (Fsp3) is 0.667. The summed E-state index contributed by atoms with van der Waals surface area (Å²) < 4.78 is 1.78. The number of nitrogens with one attached hydrogen (secondary N) is 2. The van der Waals surface area contributed by atoms with Crippen LogP contribution in [0, 0.1) is 5.92 Å². The lowest BCUT2D eigenvalue weighted by Gasteiger charge is -2.08. The van der Waals surface area contributed by atoms with Crippen molar-refractivity contribution >= 4 is 5.91 Å². The van der Waals surface area contributed by atoms with Crippen molar-refractivity contribution < 1.29 is 4.79 Å². The van der Waals surface area contributed by atoms with E-state index in [4.69, 9.17) is 0 Å². The molecule has 0 spiro atoms. The van der Waals surface area contributed by atoms with E-state index >= 15 is 0 Å². The summed E-state index contributed by atoms with van der Waals surface area (Å²) in [6.07, 6.45) is 4.56. The predicted octanol–water partition coefficient (Wildman–Crippen LogP) is 0.426. The molecule has 1 fully saturated rings. The maximum Gasteiger partial charge on any atom is 0.220 e. The number of nitrogens with zero attached hydrogens (tertiary/aromatic N) is 2. The number of amides is 1. The molecule has 1 aromatic rings. The van der Waals surface area contributed by atoms with Crippen molar-refractivity contribution in [1.29, 1.82) is 0 Å². The normalized spacial score (nSPS) is 19.5. The highest BCUT2D eigenvalue weighted by molar-refractivity contribution is 5.75. The average molecular weight is 236 g/mol. The van der Waals surface area contributed by atoms with Crippen LogP contribution in [0.4, 0.5) is 0 Å². The van der Waals surface area contributed by atoms with Gasteiger partial charge in [0, 0.05) is 19.7 Å². The third kappa shape index (κ3) is 3.56. The van der Waals surface area contributed by atoms with Crippen LogP contribution in [-0.2, 0) is 18.4 Å². The van der Waals surface area contributed by atoms with E-state index in [-0.39, 0.29) is 5.91 Å². The fourth-order valence-corrected chi connectivity index (χ4v) is 2.15. The van der Waals surface area contributed by atoms with Gasteiger partial charge in [-0.2, -0.15) is 5.10 Å². The van der Waals surface area contributed by atoms with Crippen LogP contribution >= 0.6 is 0 Å².